The second-order valence-corrected chi connectivity index (χ2v) is 3.61. The zero-order valence-electron chi connectivity index (χ0n) is 9.58. The fourth-order valence-corrected chi connectivity index (χ4v) is 1.53. The molecule has 0 aliphatic carbocycles. The molecule has 0 bridgehead atoms. The Labute approximate surface area is 106 Å². The van der Waals surface area contributed by atoms with Gasteiger partial charge in [-0.05, 0) is 18.2 Å². The smallest absolute Gasteiger partial charge is 0.272 e. The van der Waals surface area contributed by atoms with Crippen molar-refractivity contribution in [3.63, 3.8) is 0 Å². The maximum absolute atomic E-state index is 12.9. The number of hydrogen-bond donors (Lipinski definition) is 0. The topological polar surface area (TPSA) is 51.0 Å². The van der Waals surface area contributed by atoms with Crippen LogP contribution in [0.5, 0.6) is 0 Å². The van der Waals surface area contributed by atoms with Crippen LogP contribution in [0.25, 0.3) is 0 Å². The molecule has 100 valence electrons. The highest BCUT2D eigenvalue weighted by molar-refractivity contribution is 5.93. The van der Waals surface area contributed by atoms with E-state index in [-0.39, 0.29) is 10.6 Å². The highest BCUT2D eigenvalue weighted by Gasteiger charge is 2.42. The Kier molecular flexibility index (Phi) is 3.50. The molecule has 0 aromatic carbocycles. The van der Waals surface area contributed by atoms with Crippen molar-refractivity contribution in [1.29, 1.82) is 0 Å². The molecule has 2 aromatic heterocycles. The van der Waals surface area contributed by atoms with Gasteiger partial charge in [-0.3, -0.25) is 14.5 Å². The van der Waals surface area contributed by atoms with E-state index < -0.39 is 18.8 Å². The molecule has 0 radical (unpaired) electrons. The van der Waals surface area contributed by atoms with E-state index in [1.54, 1.807) is 0 Å². The fraction of sp³-hybridized carbons (Fsp3) is 0.182. The van der Waals surface area contributed by atoms with Crippen LogP contribution in [0.1, 0.15) is 0 Å². The Morgan fingerprint density at radius 1 is 1.26 bits per heavy atom. The third kappa shape index (κ3) is 3.09. The summed E-state index contributed by atoms with van der Waals surface area (Å²) < 4.78 is 39.9. The monoisotopic (exact) mass is 270 g/mol. The number of aromatic nitrogens is 3. The summed E-state index contributed by atoms with van der Waals surface area (Å²) in [6.45, 7) is -0.491. The second kappa shape index (κ2) is 5.09. The molecule has 0 N–H and O–H groups in total. The van der Waals surface area contributed by atoms with Gasteiger partial charge in [0.05, 0.1) is 5.69 Å². The van der Waals surface area contributed by atoms with Gasteiger partial charge in [0.15, 0.2) is 0 Å². The van der Waals surface area contributed by atoms with Gasteiger partial charge in [0.1, 0.15) is 6.54 Å². The number of rotatable bonds is 3. The molecule has 5 nitrogen and oxygen atoms in total. The van der Waals surface area contributed by atoms with Crippen molar-refractivity contribution in [2.24, 2.45) is 0 Å². The van der Waals surface area contributed by atoms with Crippen molar-refractivity contribution >= 4 is 11.6 Å². The van der Waals surface area contributed by atoms with Crippen molar-refractivity contribution in [3.05, 3.63) is 43.0 Å². The van der Waals surface area contributed by atoms with Crippen LogP contribution in [0.15, 0.2) is 43.0 Å². The molecule has 0 aliphatic heterocycles. The summed E-state index contributed by atoms with van der Waals surface area (Å²) in [5, 5.41) is 3.70. The Balaban J connectivity index is 2.26. The summed E-state index contributed by atoms with van der Waals surface area (Å²) in [5.41, 5.74) is -0.278. The van der Waals surface area contributed by atoms with Gasteiger partial charge in [-0.1, -0.05) is 0 Å². The summed E-state index contributed by atoms with van der Waals surface area (Å²) in [4.78, 5) is 15.2. The molecule has 1 amide bonds. The SMILES string of the molecule is O=C(Cn1cccn1)N(c1ccncc1)C(F)(F)F. The van der Waals surface area contributed by atoms with Crippen LogP contribution in [0.2, 0.25) is 0 Å². The third-order valence-electron chi connectivity index (χ3n) is 2.28. The zero-order valence-corrected chi connectivity index (χ0v) is 9.58. The van der Waals surface area contributed by atoms with Crippen LogP contribution in [0, 0.1) is 0 Å². The first-order valence-electron chi connectivity index (χ1n) is 5.26. The number of carbonyl (C=O) groups excluding carboxylic acids is 1. The molecule has 19 heavy (non-hydrogen) atoms. The highest BCUT2D eigenvalue weighted by atomic mass is 19.4. The van der Waals surface area contributed by atoms with Crippen LogP contribution >= 0.6 is 0 Å². The maximum atomic E-state index is 12.9. The molecule has 0 saturated carbocycles. The number of pyridine rings is 1. The highest BCUT2D eigenvalue weighted by Crippen LogP contribution is 2.28. The lowest BCUT2D eigenvalue weighted by Crippen LogP contribution is -2.44. The molecule has 2 rings (SSSR count). The van der Waals surface area contributed by atoms with Crippen LogP contribution in [-0.2, 0) is 11.3 Å². The van der Waals surface area contributed by atoms with Crippen LogP contribution in [0.3, 0.4) is 0 Å². The maximum Gasteiger partial charge on any atom is 0.491 e. The fourth-order valence-electron chi connectivity index (χ4n) is 1.53. The summed E-state index contributed by atoms with van der Waals surface area (Å²) in [6, 6.07) is 3.76. The molecule has 2 aromatic rings. The lowest BCUT2D eigenvalue weighted by atomic mass is 10.3. The molecule has 8 heteroatoms. The summed E-state index contributed by atoms with van der Waals surface area (Å²) in [6.07, 6.45) is 0.382. The van der Waals surface area contributed by atoms with E-state index in [4.69, 9.17) is 0 Å². The van der Waals surface area contributed by atoms with Gasteiger partial charge >= 0.3 is 6.30 Å². The van der Waals surface area contributed by atoms with Crippen LogP contribution in [-0.4, -0.2) is 27.0 Å². The van der Waals surface area contributed by atoms with Gasteiger partial charge in [-0.25, -0.2) is 4.90 Å². The van der Waals surface area contributed by atoms with Crippen LogP contribution in [0.4, 0.5) is 18.9 Å². The first kappa shape index (κ1) is 13.1. The predicted octanol–water partition coefficient (Wildman–Crippen LogP) is 1.83. The molecule has 0 atom stereocenters. The van der Waals surface area contributed by atoms with Gasteiger partial charge in [-0.15, -0.1) is 13.2 Å². The van der Waals surface area contributed by atoms with E-state index in [1.165, 1.54) is 30.9 Å². The number of alkyl halides is 3. The molecular formula is C11H9F3N4O. The van der Waals surface area contributed by atoms with E-state index in [1.807, 2.05) is 0 Å². The molecule has 2 heterocycles. The van der Waals surface area contributed by atoms with Gasteiger partial charge in [0.2, 0.25) is 0 Å². The van der Waals surface area contributed by atoms with Crippen molar-refractivity contribution in [2.45, 2.75) is 12.8 Å². The number of hydrogen-bond acceptors (Lipinski definition) is 3. The quantitative estimate of drug-likeness (QED) is 0.799. The van der Waals surface area contributed by atoms with Crippen molar-refractivity contribution in [2.75, 3.05) is 4.90 Å². The zero-order chi connectivity index (χ0) is 13.9. The summed E-state index contributed by atoms with van der Waals surface area (Å²) in [5.74, 6) is -1.12. The molecule has 0 unspecified atom stereocenters. The lowest BCUT2D eigenvalue weighted by Gasteiger charge is -2.24. The predicted molar refractivity (Wildman–Crippen MR) is 60.0 cm³/mol. The van der Waals surface area contributed by atoms with Gasteiger partial charge in [0, 0.05) is 24.8 Å². The molecule has 0 saturated heterocycles. The summed E-state index contributed by atoms with van der Waals surface area (Å²) >= 11 is 0. The normalized spacial score (nSPS) is 11.3. The number of carbonyl (C=O) groups is 1. The van der Waals surface area contributed by atoms with Crippen LogP contribution < -0.4 is 4.90 Å². The van der Waals surface area contributed by atoms with Crippen molar-refractivity contribution < 1.29 is 18.0 Å². The average Bonchev–Trinajstić information content (AvgIpc) is 2.81. The van der Waals surface area contributed by atoms with Crippen molar-refractivity contribution in [1.82, 2.24) is 14.8 Å². The van der Waals surface area contributed by atoms with E-state index in [0.717, 1.165) is 16.8 Å². The first-order chi connectivity index (χ1) is 8.98. The summed E-state index contributed by atoms with van der Waals surface area (Å²) in [7, 11) is 0. The van der Waals surface area contributed by atoms with Gasteiger partial charge in [0.25, 0.3) is 5.91 Å². The number of nitrogens with zero attached hydrogens (tertiary/aromatic N) is 4. The van der Waals surface area contributed by atoms with Crippen molar-refractivity contribution in [3.8, 4) is 0 Å². The molecule has 0 aliphatic rings. The third-order valence-corrected chi connectivity index (χ3v) is 2.28. The number of halogens is 3. The Bertz CT molecular complexity index is 539. The van der Waals surface area contributed by atoms with E-state index in [0.29, 0.717) is 0 Å². The number of anilines is 1. The Morgan fingerprint density at radius 2 is 1.95 bits per heavy atom. The largest absolute Gasteiger partial charge is 0.491 e. The molecular weight excluding hydrogens is 261 g/mol. The van der Waals surface area contributed by atoms with E-state index in [9.17, 15) is 18.0 Å². The average molecular weight is 270 g/mol. The van der Waals surface area contributed by atoms with E-state index >= 15 is 0 Å². The standard InChI is InChI=1S/C11H9F3N4O/c12-11(13,14)18(9-2-5-15-6-3-9)10(19)8-17-7-1-4-16-17/h1-7H,8H2. The minimum atomic E-state index is -4.80. The molecule has 0 fully saturated rings. The minimum Gasteiger partial charge on any atom is -0.272 e. The molecule has 0 spiro atoms. The Morgan fingerprint density at radius 3 is 2.47 bits per heavy atom. The van der Waals surface area contributed by atoms with E-state index in [2.05, 4.69) is 10.1 Å². The minimum absolute atomic E-state index is 0.226. The second-order valence-electron chi connectivity index (χ2n) is 3.61. The van der Waals surface area contributed by atoms with Gasteiger partial charge in [-0.2, -0.15) is 5.10 Å². The lowest BCUT2D eigenvalue weighted by molar-refractivity contribution is -0.150. The first-order valence-corrected chi connectivity index (χ1v) is 5.26. The Hall–Kier alpha value is -2.38. The number of amides is 1. The van der Waals surface area contributed by atoms with Gasteiger partial charge < -0.3 is 0 Å².